The number of pyridine rings is 2. The van der Waals surface area contributed by atoms with Crippen molar-refractivity contribution in [3.8, 4) is 11.3 Å². The second-order valence-electron chi connectivity index (χ2n) is 10.1. The number of halogens is 1. The number of hydrogen-bond donors (Lipinski definition) is 1. The number of piperidine rings is 1. The van der Waals surface area contributed by atoms with Gasteiger partial charge in [0.25, 0.3) is 0 Å². The molecule has 35 heavy (non-hydrogen) atoms. The van der Waals surface area contributed by atoms with Gasteiger partial charge in [-0.15, -0.1) is 0 Å². The van der Waals surface area contributed by atoms with E-state index in [1.807, 2.05) is 29.1 Å². The molecule has 0 radical (unpaired) electrons. The standard InChI is InChI=1S/C26H34FN7O/c1-18(2)15-33-8-3-4-20(16-33)26(35)31-25-12-23-19(13-28-25)5-6-22(30-23)21-14-29-34-11-10-32(9-7-27)17-24(21)34/h5-6,12-14,18,20H,3-4,7-11,15-17H2,1-2H3,(H,28,31,35). The van der Waals surface area contributed by atoms with Crippen LogP contribution in [0.1, 0.15) is 32.4 Å². The van der Waals surface area contributed by atoms with Gasteiger partial charge in [-0.25, -0.2) is 14.4 Å². The lowest BCUT2D eigenvalue weighted by molar-refractivity contribution is -0.121. The van der Waals surface area contributed by atoms with Crippen LogP contribution in [-0.4, -0.2) is 74.9 Å². The fraction of sp³-hybridized carbons (Fsp3) is 0.538. The molecule has 3 aromatic heterocycles. The molecule has 186 valence electrons. The summed E-state index contributed by atoms with van der Waals surface area (Å²) in [6.45, 7) is 9.59. The number of hydrogen-bond acceptors (Lipinski definition) is 6. The largest absolute Gasteiger partial charge is 0.310 e. The summed E-state index contributed by atoms with van der Waals surface area (Å²) in [6.07, 6.45) is 5.55. The molecule has 5 heterocycles. The summed E-state index contributed by atoms with van der Waals surface area (Å²) in [6, 6.07) is 5.81. The molecule has 0 bridgehead atoms. The molecule has 0 spiro atoms. The zero-order chi connectivity index (χ0) is 24.4. The van der Waals surface area contributed by atoms with E-state index in [0.29, 0.717) is 24.8 Å². The Bertz CT molecular complexity index is 1190. The number of amides is 1. The maximum absolute atomic E-state index is 13.0. The molecule has 1 atom stereocenters. The molecule has 0 aliphatic carbocycles. The molecule has 2 aliphatic rings. The average Bonchev–Trinajstić information content (AvgIpc) is 3.27. The van der Waals surface area contributed by atoms with Crippen LogP contribution in [0.25, 0.3) is 22.2 Å². The van der Waals surface area contributed by atoms with E-state index in [1.54, 1.807) is 6.20 Å². The van der Waals surface area contributed by atoms with Crippen LogP contribution in [0.3, 0.4) is 0 Å². The van der Waals surface area contributed by atoms with Gasteiger partial charge in [0.05, 0.1) is 35.6 Å². The quantitative estimate of drug-likeness (QED) is 0.558. The summed E-state index contributed by atoms with van der Waals surface area (Å²) < 4.78 is 14.9. The monoisotopic (exact) mass is 479 g/mol. The zero-order valence-electron chi connectivity index (χ0n) is 20.6. The third kappa shape index (κ3) is 5.36. The van der Waals surface area contributed by atoms with Crippen LogP contribution in [0, 0.1) is 11.8 Å². The highest BCUT2D eigenvalue weighted by Crippen LogP contribution is 2.28. The number of likely N-dealkylation sites (tertiary alicyclic amines) is 1. The number of carbonyl (C=O) groups is 1. The van der Waals surface area contributed by atoms with Gasteiger partial charge in [-0.2, -0.15) is 5.10 Å². The minimum Gasteiger partial charge on any atom is -0.310 e. The Balaban J connectivity index is 1.33. The first-order valence-corrected chi connectivity index (χ1v) is 12.6. The van der Waals surface area contributed by atoms with Gasteiger partial charge < -0.3 is 10.2 Å². The lowest BCUT2D eigenvalue weighted by atomic mass is 9.96. The van der Waals surface area contributed by atoms with Gasteiger partial charge in [0.2, 0.25) is 5.91 Å². The van der Waals surface area contributed by atoms with E-state index in [2.05, 4.69) is 39.0 Å². The molecule has 0 saturated carbocycles. The van der Waals surface area contributed by atoms with Crippen LogP contribution < -0.4 is 5.32 Å². The van der Waals surface area contributed by atoms with Crippen molar-refractivity contribution in [2.24, 2.45) is 11.8 Å². The molecule has 1 saturated heterocycles. The molecular formula is C26H34FN7O. The van der Waals surface area contributed by atoms with E-state index >= 15 is 0 Å². The van der Waals surface area contributed by atoms with Crippen molar-refractivity contribution in [1.82, 2.24) is 29.5 Å². The molecule has 1 amide bonds. The number of fused-ring (bicyclic) bond motifs is 2. The van der Waals surface area contributed by atoms with Gasteiger partial charge in [0, 0.05) is 55.9 Å². The van der Waals surface area contributed by atoms with Crippen molar-refractivity contribution in [3.63, 3.8) is 0 Å². The van der Waals surface area contributed by atoms with Gasteiger partial charge >= 0.3 is 0 Å². The number of anilines is 1. The minimum absolute atomic E-state index is 0.0227. The SMILES string of the molecule is CC(C)CN1CCCC(C(=O)Nc2cc3nc(-c4cnn5c4CN(CCF)CC5)ccc3cn2)C1. The molecule has 1 unspecified atom stereocenters. The lowest BCUT2D eigenvalue weighted by Gasteiger charge is -2.32. The maximum Gasteiger partial charge on any atom is 0.229 e. The van der Waals surface area contributed by atoms with E-state index in [0.717, 1.165) is 73.4 Å². The van der Waals surface area contributed by atoms with Gasteiger partial charge in [-0.1, -0.05) is 13.8 Å². The van der Waals surface area contributed by atoms with Crippen LogP contribution in [-0.2, 0) is 17.9 Å². The molecule has 1 N–H and O–H groups in total. The number of alkyl halides is 1. The normalized spacial score (nSPS) is 19.3. The number of aromatic nitrogens is 4. The van der Waals surface area contributed by atoms with Crippen molar-refractivity contribution >= 4 is 22.6 Å². The third-order valence-electron chi connectivity index (χ3n) is 6.95. The molecule has 0 aromatic carbocycles. The summed E-state index contributed by atoms with van der Waals surface area (Å²) in [5.74, 6) is 1.12. The Morgan fingerprint density at radius 2 is 2.09 bits per heavy atom. The van der Waals surface area contributed by atoms with Crippen molar-refractivity contribution in [3.05, 3.63) is 36.3 Å². The van der Waals surface area contributed by atoms with E-state index in [4.69, 9.17) is 4.98 Å². The number of nitrogens with zero attached hydrogens (tertiary/aromatic N) is 6. The predicted molar refractivity (Wildman–Crippen MR) is 135 cm³/mol. The Kier molecular flexibility index (Phi) is 7.06. The summed E-state index contributed by atoms with van der Waals surface area (Å²) in [5, 5.41) is 8.46. The van der Waals surface area contributed by atoms with Gasteiger partial charge in [0.15, 0.2) is 0 Å². The first-order chi connectivity index (χ1) is 17.0. The Labute approximate surface area is 205 Å². The van der Waals surface area contributed by atoms with Crippen LogP contribution in [0.15, 0.2) is 30.6 Å². The van der Waals surface area contributed by atoms with Crippen LogP contribution in [0.2, 0.25) is 0 Å². The Hall–Kier alpha value is -2.91. The highest BCUT2D eigenvalue weighted by atomic mass is 19.1. The Morgan fingerprint density at radius 3 is 2.91 bits per heavy atom. The Morgan fingerprint density at radius 1 is 1.20 bits per heavy atom. The number of nitrogens with one attached hydrogen (secondary N) is 1. The summed E-state index contributed by atoms with van der Waals surface area (Å²) in [4.78, 5) is 26.8. The summed E-state index contributed by atoms with van der Waals surface area (Å²) in [5.41, 5.74) is 3.61. The molecule has 1 fully saturated rings. The first-order valence-electron chi connectivity index (χ1n) is 12.6. The van der Waals surface area contributed by atoms with Crippen LogP contribution >= 0.6 is 0 Å². The van der Waals surface area contributed by atoms with Gasteiger partial charge in [-0.05, 0) is 37.4 Å². The fourth-order valence-electron chi connectivity index (χ4n) is 5.24. The van der Waals surface area contributed by atoms with E-state index in [9.17, 15) is 9.18 Å². The second kappa shape index (κ2) is 10.4. The molecule has 8 nitrogen and oxygen atoms in total. The number of rotatable bonds is 7. The highest BCUT2D eigenvalue weighted by molar-refractivity contribution is 5.94. The molecular weight excluding hydrogens is 445 g/mol. The fourth-order valence-corrected chi connectivity index (χ4v) is 5.24. The minimum atomic E-state index is -0.351. The van der Waals surface area contributed by atoms with Crippen molar-refractivity contribution in [2.75, 3.05) is 44.7 Å². The maximum atomic E-state index is 13.0. The van der Waals surface area contributed by atoms with Crippen molar-refractivity contribution in [1.29, 1.82) is 0 Å². The topological polar surface area (TPSA) is 79.2 Å². The zero-order valence-corrected chi connectivity index (χ0v) is 20.6. The third-order valence-corrected chi connectivity index (χ3v) is 6.95. The van der Waals surface area contributed by atoms with E-state index in [-0.39, 0.29) is 18.5 Å². The second-order valence-corrected chi connectivity index (χ2v) is 10.1. The number of carbonyl (C=O) groups excluding carboxylic acids is 1. The molecule has 2 aliphatic heterocycles. The van der Waals surface area contributed by atoms with Gasteiger partial charge in [0.1, 0.15) is 12.5 Å². The van der Waals surface area contributed by atoms with E-state index < -0.39 is 0 Å². The average molecular weight is 480 g/mol. The predicted octanol–water partition coefficient (Wildman–Crippen LogP) is 3.58. The van der Waals surface area contributed by atoms with Crippen LogP contribution in [0.4, 0.5) is 10.2 Å². The summed E-state index contributed by atoms with van der Waals surface area (Å²) >= 11 is 0. The summed E-state index contributed by atoms with van der Waals surface area (Å²) in [7, 11) is 0. The highest BCUT2D eigenvalue weighted by Gasteiger charge is 2.26. The molecule has 3 aromatic rings. The molecule has 5 rings (SSSR count). The van der Waals surface area contributed by atoms with Crippen LogP contribution in [0.5, 0.6) is 0 Å². The molecule has 9 heteroatoms. The first kappa shape index (κ1) is 23.8. The van der Waals surface area contributed by atoms with Crippen molar-refractivity contribution in [2.45, 2.75) is 39.8 Å². The van der Waals surface area contributed by atoms with E-state index in [1.165, 1.54) is 0 Å². The van der Waals surface area contributed by atoms with Crippen molar-refractivity contribution < 1.29 is 9.18 Å². The van der Waals surface area contributed by atoms with Gasteiger partial charge in [-0.3, -0.25) is 14.4 Å². The lowest BCUT2D eigenvalue weighted by Crippen LogP contribution is -2.42. The smallest absolute Gasteiger partial charge is 0.229 e.